The van der Waals surface area contributed by atoms with Crippen molar-refractivity contribution >= 4 is 5.91 Å². The molecule has 0 rings (SSSR count). The Bertz CT molecular complexity index is 186. The lowest BCUT2D eigenvalue weighted by Crippen LogP contribution is -2.34. The van der Waals surface area contributed by atoms with E-state index in [2.05, 4.69) is 17.2 Å². The number of nitrogens with two attached hydrogens (primary N) is 1. The van der Waals surface area contributed by atoms with Crippen molar-refractivity contribution < 1.29 is 9.90 Å². The Morgan fingerprint density at radius 2 is 2.07 bits per heavy atom. The van der Waals surface area contributed by atoms with Gasteiger partial charge in [-0.2, -0.15) is 0 Å². The van der Waals surface area contributed by atoms with Crippen LogP contribution in [0.15, 0.2) is 0 Å². The number of rotatable bonds is 7. The highest BCUT2D eigenvalue weighted by Gasteiger charge is 2.11. The van der Waals surface area contributed by atoms with Crippen molar-refractivity contribution in [1.29, 1.82) is 0 Å². The number of aliphatic hydroxyl groups excluding tert-OH is 1. The van der Waals surface area contributed by atoms with Crippen LogP contribution in [-0.2, 0) is 4.79 Å². The molecule has 5 heteroatoms. The van der Waals surface area contributed by atoms with Gasteiger partial charge < -0.3 is 10.0 Å². The van der Waals surface area contributed by atoms with Crippen LogP contribution in [0.5, 0.6) is 0 Å². The van der Waals surface area contributed by atoms with Gasteiger partial charge in [0.15, 0.2) is 0 Å². The number of nitrogens with one attached hydrogen (secondary N) is 1. The minimum Gasteiger partial charge on any atom is -0.393 e. The van der Waals surface area contributed by atoms with Crippen LogP contribution in [0.2, 0.25) is 0 Å². The molecule has 0 saturated carbocycles. The average molecular weight is 217 g/mol. The molecule has 15 heavy (non-hydrogen) atoms. The SMILES string of the molecule is CC(O)CCN(C)C(C)CCC(=O)NN. The van der Waals surface area contributed by atoms with Crippen LogP contribution in [0.4, 0.5) is 0 Å². The second-order valence-electron chi connectivity index (χ2n) is 4.07. The molecule has 4 N–H and O–H groups in total. The highest BCUT2D eigenvalue weighted by molar-refractivity contribution is 5.75. The summed E-state index contributed by atoms with van der Waals surface area (Å²) in [6, 6.07) is 0.320. The van der Waals surface area contributed by atoms with Gasteiger partial charge in [-0.3, -0.25) is 10.2 Å². The van der Waals surface area contributed by atoms with Crippen molar-refractivity contribution in [3.05, 3.63) is 0 Å². The lowest BCUT2D eigenvalue weighted by molar-refractivity contribution is -0.121. The molecule has 5 nitrogen and oxygen atoms in total. The molecule has 2 atom stereocenters. The Balaban J connectivity index is 3.68. The molecule has 0 radical (unpaired) electrons. The van der Waals surface area contributed by atoms with E-state index in [0.29, 0.717) is 12.5 Å². The molecule has 1 amide bonds. The van der Waals surface area contributed by atoms with Crippen molar-refractivity contribution in [2.24, 2.45) is 5.84 Å². The topological polar surface area (TPSA) is 78.6 Å². The number of carbonyl (C=O) groups excluding carboxylic acids is 1. The molecule has 0 bridgehead atoms. The highest BCUT2D eigenvalue weighted by atomic mass is 16.3. The molecule has 0 spiro atoms. The standard InChI is InChI=1S/C10H23N3O2/c1-8(4-5-10(15)12-11)13(3)7-6-9(2)14/h8-9,14H,4-7,11H2,1-3H3,(H,12,15). The van der Waals surface area contributed by atoms with Crippen LogP contribution in [0, 0.1) is 0 Å². The summed E-state index contributed by atoms with van der Waals surface area (Å²) in [7, 11) is 1.99. The predicted molar refractivity (Wildman–Crippen MR) is 60.0 cm³/mol. The van der Waals surface area contributed by atoms with E-state index in [9.17, 15) is 4.79 Å². The van der Waals surface area contributed by atoms with Gasteiger partial charge in [-0.25, -0.2) is 5.84 Å². The number of hydrazine groups is 1. The smallest absolute Gasteiger partial charge is 0.233 e. The van der Waals surface area contributed by atoms with Gasteiger partial charge in [0.2, 0.25) is 5.91 Å². The van der Waals surface area contributed by atoms with Gasteiger partial charge in [0.1, 0.15) is 0 Å². The highest BCUT2D eigenvalue weighted by Crippen LogP contribution is 2.05. The first-order valence-electron chi connectivity index (χ1n) is 5.35. The van der Waals surface area contributed by atoms with Crippen LogP contribution in [0.1, 0.15) is 33.1 Å². The summed E-state index contributed by atoms with van der Waals surface area (Å²) >= 11 is 0. The normalized spacial score (nSPS) is 15.1. The largest absolute Gasteiger partial charge is 0.393 e. The first-order chi connectivity index (χ1) is 6.97. The van der Waals surface area contributed by atoms with Crippen molar-refractivity contribution in [2.75, 3.05) is 13.6 Å². The number of hydrogen-bond acceptors (Lipinski definition) is 4. The van der Waals surface area contributed by atoms with Gasteiger partial charge >= 0.3 is 0 Å². The molecule has 90 valence electrons. The van der Waals surface area contributed by atoms with Crippen molar-refractivity contribution in [3.8, 4) is 0 Å². The lowest BCUT2D eigenvalue weighted by atomic mass is 10.1. The minimum absolute atomic E-state index is 0.134. The van der Waals surface area contributed by atoms with Crippen molar-refractivity contribution in [2.45, 2.75) is 45.3 Å². The van der Waals surface area contributed by atoms with E-state index in [-0.39, 0.29) is 12.0 Å². The quantitative estimate of drug-likeness (QED) is 0.315. The molecular weight excluding hydrogens is 194 g/mol. The van der Waals surface area contributed by atoms with Crippen LogP contribution in [-0.4, -0.2) is 41.7 Å². The number of nitrogens with zero attached hydrogens (tertiary/aromatic N) is 1. The molecule has 0 aromatic rings. The van der Waals surface area contributed by atoms with Gasteiger partial charge in [-0.1, -0.05) is 0 Å². The third kappa shape index (κ3) is 7.30. The zero-order chi connectivity index (χ0) is 11.8. The molecular formula is C10H23N3O2. The fraction of sp³-hybridized carbons (Fsp3) is 0.900. The molecule has 0 aliphatic heterocycles. The fourth-order valence-electron chi connectivity index (χ4n) is 1.24. The third-order valence-electron chi connectivity index (χ3n) is 2.60. The lowest BCUT2D eigenvalue weighted by Gasteiger charge is -2.24. The van der Waals surface area contributed by atoms with E-state index in [1.807, 2.05) is 7.05 Å². The molecule has 0 saturated heterocycles. The molecule has 0 heterocycles. The fourth-order valence-corrected chi connectivity index (χ4v) is 1.24. The van der Waals surface area contributed by atoms with Gasteiger partial charge in [-0.05, 0) is 33.7 Å². The summed E-state index contributed by atoms with van der Waals surface area (Å²) in [6.45, 7) is 4.68. The van der Waals surface area contributed by atoms with E-state index < -0.39 is 0 Å². The third-order valence-corrected chi connectivity index (χ3v) is 2.60. The molecule has 0 aromatic heterocycles. The average Bonchev–Trinajstić information content (AvgIpc) is 2.21. The summed E-state index contributed by atoms with van der Waals surface area (Å²) < 4.78 is 0. The van der Waals surface area contributed by atoms with Gasteiger partial charge in [0, 0.05) is 19.0 Å². The van der Waals surface area contributed by atoms with Crippen molar-refractivity contribution in [1.82, 2.24) is 10.3 Å². The van der Waals surface area contributed by atoms with Gasteiger partial charge in [-0.15, -0.1) is 0 Å². The maximum atomic E-state index is 10.9. The van der Waals surface area contributed by atoms with E-state index >= 15 is 0 Å². The van der Waals surface area contributed by atoms with E-state index in [0.717, 1.165) is 19.4 Å². The Labute approximate surface area is 91.6 Å². The second kappa shape index (κ2) is 7.62. The minimum atomic E-state index is -0.271. The Morgan fingerprint density at radius 1 is 1.47 bits per heavy atom. The number of amides is 1. The second-order valence-corrected chi connectivity index (χ2v) is 4.07. The molecule has 0 aliphatic carbocycles. The Kier molecular flexibility index (Phi) is 7.29. The summed E-state index contributed by atoms with van der Waals surface area (Å²) in [6.07, 6.45) is 1.70. The van der Waals surface area contributed by atoms with Gasteiger partial charge in [0.25, 0.3) is 0 Å². The summed E-state index contributed by atoms with van der Waals surface area (Å²) in [5.74, 6) is 4.85. The summed E-state index contributed by atoms with van der Waals surface area (Å²) in [4.78, 5) is 13.0. The zero-order valence-electron chi connectivity index (χ0n) is 9.86. The number of hydrogen-bond donors (Lipinski definition) is 3. The number of carbonyl (C=O) groups is 1. The molecule has 0 aromatic carbocycles. The van der Waals surface area contributed by atoms with Gasteiger partial charge in [0.05, 0.1) is 6.10 Å². The first kappa shape index (κ1) is 14.3. The Hall–Kier alpha value is -0.650. The zero-order valence-corrected chi connectivity index (χ0v) is 9.86. The van der Waals surface area contributed by atoms with Crippen LogP contribution < -0.4 is 11.3 Å². The van der Waals surface area contributed by atoms with E-state index in [1.54, 1.807) is 6.92 Å². The number of aliphatic hydroxyl groups is 1. The summed E-state index contributed by atoms with van der Waals surface area (Å²) in [5, 5.41) is 9.13. The van der Waals surface area contributed by atoms with Crippen LogP contribution >= 0.6 is 0 Å². The van der Waals surface area contributed by atoms with Crippen LogP contribution in [0.3, 0.4) is 0 Å². The molecule has 2 unspecified atom stereocenters. The maximum absolute atomic E-state index is 10.9. The van der Waals surface area contributed by atoms with Crippen molar-refractivity contribution in [3.63, 3.8) is 0 Å². The Morgan fingerprint density at radius 3 is 2.53 bits per heavy atom. The van der Waals surface area contributed by atoms with E-state index in [1.165, 1.54) is 0 Å². The van der Waals surface area contributed by atoms with E-state index in [4.69, 9.17) is 10.9 Å². The predicted octanol–water partition coefficient (Wildman–Crippen LogP) is -0.152. The molecule has 0 aliphatic rings. The first-order valence-corrected chi connectivity index (χ1v) is 5.35. The van der Waals surface area contributed by atoms with Crippen LogP contribution in [0.25, 0.3) is 0 Å². The molecule has 0 fully saturated rings. The maximum Gasteiger partial charge on any atom is 0.233 e. The summed E-state index contributed by atoms with van der Waals surface area (Å²) in [5.41, 5.74) is 2.11. The monoisotopic (exact) mass is 217 g/mol.